The molecule has 3 N–H and O–H groups in total. The number of hydrogen-bond acceptors (Lipinski definition) is 5. The van der Waals surface area contributed by atoms with Gasteiger partial charge in [-0.05, 0) is 104 Å². The van der Waals surface area contributed by atoms with Crippen molar-refractivity contribution in [3.63, 3.8) is 0 Å². The molecule has 9 heteroatoms. The molecule has 0 aliphatic carbocycles. The normalized spacial score (nSPS) is 24.4. The van der Waals surface area contributed by atoms with E-state index in [-0.39, 0.29) is 5.75 Å². The van der Waals surface area contributed by atoms with Crippen molar-refractivity contribution in [2.75, 3.05) is 55.0 Å². The summed E-state index contributed by atoms with van der Waals surface area (Å²) >= 11 is 5.80. The summed E-state index contributed by atoms with van der Waals surface area (Å²) < 4.78 is 29.9. The van der Waals surface area contributed by atoms with Crippen molar-refractivity contribution in [1.29, 1.82) is 0 Å². The molecule has 0 radical (unpaired) electrons. The third-order valence-corrected chi connectivity index (χ3v) is 14.6. The zero-order chi connectivity index (χ0) is 36.9. The molecule has 2 unspecified atom stereocenters. The largest absolute Gasteiger partial charge is 0.392 e. The van der Waals surface area contributed by atoms with Crippen molar-refractivity contribution < 1.29 is 18.0 Å². The van der Waals surface area contributed by atoms with E-state index in [0.717, 1.165) is 73.6 Å². The number of nitrogens with one attached hydrogen (secondary N) is 2. The van der Waals surface area contributed by atoms with Crippen molar-refractivity contribution in [1.82, 2.24) is 0 Å². The zero-order valence-electron chi connectivity index (χ0n) is 31.9. The van der Waals surface area contributed by atoms with Crippen LogP contribution in [-0.4, -0.2) is 68.7 Å². The maximum atomic E-state index is 14.4. The first kappa shape index (κ1) is 38.7. The quantitative estimate of drug-likeness (QED) is 0.0863. The standard InChI is InChI=1S/C43H60N4O3S2/c1-5-7-9-23-43(24-10-8-6-2)31-52(49,50)39-19-18-37(46(3)4)29-38(39)40(41(43)48)34-12-11-13-36(28-34)45-42(51)44-35-16-14-33(15-17-35)30-47-25-20-32(21-26-47)22-27-47/h11-19,28-29,32,40-41,48H,5-10,20-27,30-31H2,1-4H3,(H-,44,45,51)/p+1. The highest BCUT2D eigenvalue weighted by atomic mass is 32.2. The van der Waals surface area contributed by atoms with Crippen molar-refractivity contribution >= 4 is 44.2 Å². The first-order valence-electron chi connectivity index (χ1n) is 19.8. The van der Waals surface area contributed by atoms with Gasteiger partial charge in [0.1, 0.15) is 6.54 Å². The monoisotopic (exact) mass is 745 g/mol. The number of unbranched alkanes of at least 4 members (excludes halogenated alkanes) is 4. The van der Waals surface area contributed by atoms with Gasteiger partial charge in [0, 0.05) is 48.1 Å². The van der Waals surface area contributed by atoms with E-state index in [2.05, 4.69) is 48.7 Å². The molecule has 282 valence electrons. The molecule has 2 atom stereocenters. The van der Waals surface area contributed by atoms with Crippen LogP contribution in [0.4, 0.5) is 17.1 Å². The van der Waals surface area contributed by atoms with Crippen LogP contribution in [0, 0.1) is 11.3 Å². The highest BCUT2D eigenvalue weighted by Gasteiger charge is 2.49. The van der Waals surface area contributed by atoms with Crippen LogP contribution in [0.15, 0.2) is 71.6 Å². The van der Waals surface area contributed by atoms with Gasteiger partial charge in [-0.3, -0.25) is 0 Å². The van der Waals surface area contributed by atoms with Crippen LogP contribution < -0.4 is 15.5 Å². The van der Waals surface area contributed by atoms with Crippen LogP contribution in [0.1, 0.15) is 107 Å². The molecule has 0 amide bonds. The van der Waals surface area contributed by atoms with E-state index in [1.807, 2.05) is 55.4 Å². The molecule has 3 fully saturated rings. The Morgan fingerprint density at radius 1 is 0.865 bits per heavy atom. The minimum absolute atomic E-state index is 0.0371. The Hall–Kier alpha value is -2.98. The van der Waals surface area contributed by atoms with Gasteiger partial charge < -0.3 is 25.1 Å². The first-order valence-corrected chi connectivity index (χ1v) is 21.9. The molecule has 3 saturated heterocycles. The fraction of sp³-hybridized carbons (Fsp3) is 0.558. The summed E-state index contributed by atoms with van der Waals surface area (Å²) in [7, 11) is 0.242. The molecule has 3 aromatic rings. The van der Waals surface area contributed by atoms with Gasteiger partial charge in [0.2, 0.25) is 0 Å². The molecular formula is C43H61N4O3S2+. The average Bonchev–Trinajstić information content (AvgIpc) is 3.19. The summed E-state index contributed by atoms with van der Waals surface area (Å²) in [6.07, 6.45) is 10.5. The number of hydrogen-bond donors (Lipinski definition) is 3. The molecule has 4 heterocycles. The number of aliphatic hydroxyl groups excluding tert-OH is 1. The first-order chi connectivity index (χ1) is 25.0. The number of rotatable bonds is 14. The number of benzene rings is 3. The zero-order valence-corrected chi connectivity index (χ0v) is 33.5. The van der Waals surface area contributed by atoms with Crippen LogP contribution >= 0.6 is 12.2 Å². The molecular weight excluding hydrogens is 685 g/mol. The molecule has 52 heavy (non-hydrogen) atoms. The number of thiocarbonyl (C=S) groups is 1. The van der Waals surface area contributed by atoms with E-state index in [9.17, 15) is 13.5 Å². The van der Waals surface area contributed by atoms with Crippen molar-refractivity contribution in [2.24, 2.45) is 11.3 Å². The van der Waals surface area contributed by atoms with Gasteiger partial charge in [-0.2, -0.15) is 0 Å². The summed E-state index contributed by atoms with van der Waals surface area (Å²) in [5.41, 5.74) is 4.81. The van der Waals surface area contributed by atoms with Gasteiger partial charge >= 0.3 is 0 Å². The van der Waals surface area contributed by atoms with Crippen LogP contribution in [0.2, 0.25) is 0 Å². The van der Waals surface area contributed by atoms with Gasteiger partial charge in [-0.1, -0.05) is 76.6 Å². The van der Waals surface area contributed by atoms with E-state index in [4.69, 9.17) is 12.2 Å². The Balaban J connectivity index is 1.27. The second kappa shape index (κ2) is 16.6. The number of fused-ring (bicyclic) bond motifs is 4. The molecule has 3 aromatic carbocycles. The van der Waals surface area contributed by atoms with E-state index in [1.54, 1.807) is 6.07 Å². The smallest absolute Gasteiger partial charge is 0.179 e. The van der Waals surface area contributed by atoms with E-state index < -0.39 is 27.3 Å². The lowest BCUT2D eigenvalue weighted by Gasteiger charge is -2.49. The molecule has 7 rings (SSSR count). The second-order valence-corrected chi connectivity index (χ2v) is 18.7. The predicted octanol–water partition coefficient (Wildman–Crippen LogP) is 9.12. The number of quaternary nitrogens is 1. The van der Waals surface area contributed by atoms with Crippen molar-refractivity contribution in [2.45, 2.75) is 108 Å². The highest BCUT2D eigenvalue weighted by molar-refractivity contribution is 7.91. The highest BCUT2D eigenvalue weighted by Crippen LogP contribution is 2.50. The number of sulfone groups is 1. The van der Waals surface area contributed by atoms with E-state index in [1.165, 1.54) is 48.9 Å². The minimum Gasteiger partial charge on any atom is -0.392 e. The maximum Gasteiger partial charge on any atom is 0.179 e. The second-order valence-electron chi connectivity index (χ2n) is 16.4. The number of piperidine rings is 3. The molecule has 0 aromatic heterocycles. The molecule has 2 bridgehead atoms. The van der Waals surface area contributed by atoms with Gasteiger partial charge in [0.25, 0.3) is 0 Å². The Morgan fingerprint density at radius 3 is 2.12 bits per heavy atom. The summed E-state index contributed by atoms with van der Waals surface area (Å²) in [6, 6.07) is 22.3. The van der Waals surface area contributed by atoms with Gasteiger partial charge in [0.15, 0.2) is 14.9 Å². The SMILES string of the molecule is CCCCCC1(CCCCC)CS(=O)(=O)c2ccc(N(C)C)cc2C(c2cccc(NC(=S)Nc3ccc(C[N+]45CCC(CC4)CC5)cc3)c2)C1O. The third-order valence-electron chi connectivity index (χ3n) is 12.4. The van der Waals surface area contributed by atoms with Crippen LogP contribution in [-0.2, 0) is 16.4 Å². The predicted molar refractivity (Wildman–Crippen MR) is 220 cm³/mol. The average molecular weight is 746 g/mol. The Labute approximate surface area is 318 Å². The lowest BCUT2D eigenvalue weighted by molar-refractivity contribution is -0.955. The summed E-state index contributed by atoms with van der Waals surface area (Å²) in [4.78, 5) is 2.33. The van der Waals surface area contributed by atoms with E-state index >= 15 is 0 Å². The lowest BCUT2D eigenvalue weighted by atomic mass is 9.68. The van der Waals surface area contributed by atoms with E-state index in [0.29, 0.717) is 28.4 Å². The Bertz CT molecular complexity index is 1760. The molecule has 4 aliphatic heterocycles. The van der Waals surface area contributed by atoms with Crippen LogP contribution in [0.3, 0.4) is 0 Å². The molecule has 4 aliphatic rings. The number of anilines is 3. The molecule has 0 spiro atoms. The minimum atomic E-state index is -3.68. The van der Waals surface area contributed by atoms with Gasteiger partial charge in [-0.15, -0.1) is 0 Å². The van der Waals surface area contributed by atoms with Gasteiger partial charge in [0.05, 0.1) is 36.4 Å². The maximum absolute atomic E-state index is 14.4. The van der Waals surface area contributed by atoms with Crippen LogP contribution in [0.25, 0.3) is 0 Å². The summed E-state index contributed by atoms with van der Waals surface area (Å²) in [5, 5.41) is 19.9. The van der Waals surface area contributed by atoms with Gasteiger partial charge in [-0.25, -0.2) is 8.42 Å². The van der Waals surface area contributed by atoms with Crippen molar-refractivity contribution in [3.05, 3.63) is 83.4 Å². The number of nitrogens with zero attached hydrogens (tertiary/aromatic N) is 2. The molecule has 0 saturated carbocycles. The fourth-order valence-corrected chi connectivity index (χ4v) is 11.8. The Morgan fingerprint density at radius 2 is 1.50 bits per heavy atom. The summed E-state index contributed by atoms with van der Waals surface area (Å²) in [5.74, 6) is 0.397. The number of aliphatic hydroxyl groups is 1. The topological polar surface area (TPSA) is 81.7 Å². The van der Waals surface area contributed by atoms with Crippen LogP contribution in [0.5, 0.6) is 0 Å². The Kier molecular flexibility index (Phi) is 12.4. The lowest BCUT2D eigenvalue weighted by Crippen LogP contribution is -2.57. The fourth-order valence-electron chi connectivity index (χ4n) is 9.35. The van der Waals surface area contributed by atoms with Crippen molar-refractivity contribution in [3.8, 4) is 0 Å². The molecule has 7 nitrogen and oxygen atoms in total. The summed E-state index contributed by atoms with van der Waals surface area (Å²) in [6.45, 7) is 9.37. The third kappa shape index (κ3) is 8.69.